The van der Waals surface area contributed by atoms with Gasteiger partial charge in [-0.1, -0.05) is 54.6 Å². The minimum absolute atomic E-state index is 0.0447. The molecule has 0 aliphatic carbocycles. The van der Waals surface area contributed by atoms with Gasteiger partial charge in [0.1, 0.15) is 12.4 Å². The van der Waals surface area contributed by atoms with Crippen molar-refractivity contribution in [3.8, 4) is 5.75 Å². The highest BCUT2D eigenvalue weighted by Gasteiger charge is 2.04. The number of hydrogen-bond donors (Lipinski definition) is 1. The first kappa shape index (κ1) is 15.1. The maximum absolute atomic E-state index is 8.84. The Hall–Kier alpha value is -2.32. The van der Waals surface area contributed by atoms with E-state index in [2.05, 4.69) is 12.6 Å². The second-order valence-corrected chi connectivity index (χ2v) is 4.72. The van der Waals surface area contributed by atoms with Crippen LogP contribution >= 0.6 is 0 Å². The lowest BCUT2D eigenvalue weighted by Gasteiger charge is -2.11. The fourth-order valence-corrected chi connectivity index (χ4v) is 2.08. The standard InChI is InChI=1S/C19H20O2/c1-2-7-18-14-16(10-6-13-20)11-12-19(18)21-15-17-8-4-3-5-9-17/h2-6,8-12,14,20H,1,7,13,15H2/b10-6+. The average molecular weight is 280 g/mol. The summed E-state index contributed by atoms with van der Waals surface area (Å²) in [5.41, 5.74) is 3.29. The van der Waals surface area contributed by atoms with Crippen LogP contribution in [0.3, 0.4) is 0 Å². The van der Waals surface area contributed by atoms with Gasteiger partial charge >= 0.3 is 0 Å². The first-order valence-corrected chi connectivity index (χ1v) is 7.01. The monoisotopic (exact) mass is 280 g/mol. The molecule has 0 amide bonds. The Morgan fingerprint density at radius 3 is 2.62 bits per heavy atom. The summed E-state index contributed by atoms with van der Waals surface area (Å²) in [7, 11) is 0. The molecule has 0 atom stereocenters. The first-order chi connectivity index (χ1) is 10.3. The molecule has 0 spiro atoms. The SMILES string of the molecule is C=CCc1cc(/C=C/CO)ccc1OCc1ccccc1. The van der Waals surface area contributed by atoms with E-state index >= 15 is 0 Å². The zero-order valence-corrected chi connectivity index (χ0v) is 12.0. The third-order valence-electron chi connectivity index (χ3n) is 3.10. The summed E-state index contributed by atoms with van der Waals surface area (Å²) in [6.45, 7) is 4.39. The highest BCUT2D eigenvalue weighted by atomic mass is 16.5. The summed E-state index contributed by atoms with van der Waals surface area (Å²) in [6.07, 6.45) is 6.24. The fourth-order valence-electron chi connectivity index (χ4n) is 2.08. The lowest BCUT2D eigenvalue weighted by atomic mass is 10.1. The number of allylic oxidation sites excluding steroid dienone is 1. The van der Waals surface area contributed by atoms with Gasteiger partial charge in [-0.2, -0.15) is 0 Å². The number of hydrogen-bond acceptors (Lipinski definition) is 2. The molecule has 21 heavy (non-hydrogen) atoms. The van der Waals surface area contributed by atoms with E-state index < -0.39 is 0 Å². The van der Waals surface area contributed by atoms with Gasteiger partial charge in [-0.25, -0.2) is 0 Å². The summed E-state index contributed by atoms with van der Waals surface area (Å²) >= 11 is 0. The van der Waals surface area contributed by atoms with Crippen LogP contribution in [0, 0.1) is 0 Å². The van der Waals surface area contributed by atoms with Gasteiger partial charge in [-0.3, -0.25) is 0 Å². The van der Waals surface area contributed by atoms with Gasteiger partial charge in [0, 0.05) is 0 Å². The van der Waals surface area contributed by atoms with Crippen LogP contribution in [0.15, 0.2) is 67.3 Å². The number of aliphatic hydroxyl groups excluding tert-OH is 1. The molecule has 108 valence electrons. The molecule has 2 aromatic rings. The van der Waals surface area contributed by atoms with Crippen molar-refractivity contribution in [1.82, 2.24) is 0 Å². The van der Waals surface area contributed by atoms with Crippen LogP contribution in [0.5, 0.6) is 5.75 Å². The molecule has 0 aliphatic rings. The van der Waals surface area contributed by atoms with E-state index in [-0.39, 0.29) is 6.61 Å². The maximum Gasteiger partial charge on any atom is 0.123 e. The highest BCUT2D eigenvalue weighted by Crippen LogP contribution is 2.23. The van der Waals surface area contributed by atoms with Gasteiger partial charge in [0.2, 0.25) is 0 Å². The molecule has 2 aromatic carbocycles. The van der Waals surface area contributed by atoms with E-state index in [1.54, 1.807) is 6.08 Å². The van der Waals surface area contributed by atoms with E-state index in [0.29, 0.717) is 6.61 Å². The van der Waals surface area contributed by atoms with Crippen molar-refractivity contribution < 1.29 is 9.84 Å². The smallest absolute Gasteiger partial charge is 0.123 e. The molecule has 2 rings (SSSR count). The molecular weight excluding hydrogens is 260 g/mol. The van der Waals surface area contributed by atoms with Gasteiger partial charge in [-0.15, -0.1) is 6.58 Å². The van der Waals surface area contributed by atoms with E-state index in [0.717, 1.165) is 28.9 Å². The Morgan fingerprint density at radius 2 is 1.90 bits per heavy atom. The van der Waals surface area contributed by atoms with Crippen molar-refractivity contribution in [3.05, 3.63) is 84.0 Å². The molecule has 0 bridgehead atoms. The number of rotatable bonds is 7. The number of aliphatic hydroxyl groups is 1. The normalized spacial score (nSPS) is 10.7. The molecule has 1 N–H and O–H groups in total. The largest absolute Gasteiger partial charge is 0.489 e. The van der Waals surface area contributed by atoms with Gasteiger partial charge < -0.3 is 9.84 Å². The summed E-state index contributed by atoms with van der Waals surface area (Å²) < 4.78 is 5.91. The second-order valence-electron chi connectivity index (χ2n) is 4.72. The molecule has 0 saturated heterocycles. The van der Waals surface area contributed by atoms with Crippen LogP contribution in [-0.4, -0.2) is 11.7 Å². The lowest BCUT2D eigenvalue weighted by Crippen LogP contribution is -1.98. The molecule has 0 aliphatic heterocycles. The van der Waals surface area contributed by atoms with Crippen LogP contribution in [0.2, 0.25) is 0 Å². The van der Waals surface area contributed by atoms with Gasteiger partial charge in [0.25, 0.3) is 0 Å². The molecule has 0 unspecified atom stereocenters. The minimum Gasteiger partial charge on any atom is -0.489 e. The minimum atomic E-state index is 0.0447. The lowest BCUT2D eigenvalue weighted by molar-refractivity contribution is 0.303. The van der Waals surface area contributed by atoms with Crippen LogP contribution in [-0.2, 0) is 13.0 Å². The molecule has 0 aromatic heterocycles. The zero-order valence-electron chi connectivity index (χ0n) is 12.0. The first-order valence-electron chi connectivity index (χ1n) is 7.01. The predicted octanol–water partition coefficient (Wildman–Crippen LogP) is 4.00. The van der Waals surface area contributed by atoms with Gasteiger partial charge in [0.05, 0.1) is 6.61 Å². The van der Waals surface area contributed by atoms with Crippen LogP contribution in [0.25, 0.3) is 6.08 Å². The summed E-state index contributed by atoms with van der Waals surface area (Å²) in [5.74, 6) is 0.875. The van der Waals surface area contributed by atoms with E-state index in [1.807, 2.05) is 54.6 Å². The maximum atomic E-state index is 8.84. The number of ether oxygens (including phenoxy) is 1. The van der Waals surface area contributed by atoms with Crippen molar-refractivity contribution in [2.45, 2.75) is 13.0 Å². The van der Waals surface area contributed by atoms with E-state index in [4.69, 9.17) is 9.84 Å². The fraction of sp³-hybridized carbons (Fsp3) is 0.158. The van der Waals surface area contributed by atoms with Crippen molar-refractivity contribution >= 4 is 6.08 Å². The zero-order chi connectivity index (χ0) is 14.9. The van der Waals surface area contributed by atoms with Gasteiger partial charge in [-0.05, 0) is 35.2 Å². The summed E-state index contributed by atoms with van der Waals surface area (Å²) in [5, 5.41) is 8.84. The van der Waals surface area contributed by atoms with Gasteiger partial charge in [0.15, 0.2) is 0 Å². The third kappa shape index (κ3) is 4.62. The molecule has 2 nitrogen and oxygen atoms in total. The Morgan fingerprint density at radius 1 is 1.10 bits per heavy atom. The highest BCUT2D eigenvalue weighted by molar-refractivity contribution is 5.53. The quantitative estimate of drug-likeness (QED) is 0.777. The van der Waals surface area contributed by atoms with E-state index in [1.165, 1.54) is 0 Å². The predicted molar refractivity (Wildman–Crippen MR) is 87.2 cm³/mol. The molecule has 0 saturated carbocycles. The second kappa shape index (κ2) is 8.08. The topological polar surface area (TPSA) is 29.5 Å². The van der Waals surface area contributed by atoms with Crippen molar-refractivity contribution in [2.24, 2.45) is 0 Å². The summed E-state index contributed by atoms with van der Waals surface area (Å²) in [6, 6.07) is 16.1. The van der Waals surface area contributed by atoms with Crippen molar-refractivity contribution in [2.75, 3.05) is 6.61 Å². The Balaban J connectivity index is 2.14. The Bertz CT molecular complexity index is 600. The Labute approximate surface area is 126 Å². The molecule has 0 heterocycles. The van der Waals surface area contributed by atoms with Crippen LogP contribution < -0.4 is 4.74 Å². The molecular formula is C19H20O2. The van der Waals surface area contributed by atoms with Crippen LogP contribution in [0.1, 0.15) is 16.7 Å². The Kier molecular flexibility index (Phi) is 5.80. The molecule has 0 radical (unpaired) electrons. The van der Waals surface area contributed by atoms with Crippen molar-refractivity contribution in [1.29, 1.82) is 0 Å². The van der Waals surface area contributed by atoms with Crippen LogP contribution in [0.4, 0.5) is 0 Å². The number of benzene rings is 2. The van der Waals surface area contributed by atoms with Crippen molar-refractivity contribution in [3.63, 3.8) is 0 Å². The summed E-state index contributed by atoms with van der Waals surface area (Å²) in [4.78, 5) is 0. The molecule has 0 fully saturated rings. The third-order valence-corrected chi connectivity index (χ3v) is 3.10. The average Bonchev–Trinajstić information content (AvgIpc) is 2.53. The molecule has 2 heteroatoms. The van der Waals surface area contributed by atoms with E-state index in [9.17, 15) is 0 Å².